The number of carbonyl (C=O) groups is 1. The van der Waals surface area contributed by atoms with Crippen LogP contribution in [0.2, 0.25) is 5.02 Å². The summed E-state index contributed by atoms with van der Waals surface area (Å²) in [5.41, 5.74) is 3.52. The van der Waals surface area contributed by atoms with Crippen LogP contribution in [0.15, 0.2) is 40.9 Å². The normalized spacial score (nSPS) is 16.7. The van der Waals surface area contributed by atoms with Crippen LogP contribution in [0.1, 0.15) is 21.6 Å². The van der Waals surface area contributed by atoms with E-state index in [0.29, 0.717) is 36.4 Å². The summed E-state index contributed by atoms with van der Waals surface area (Å²) in [5, 5.41) is 24.3. The maximum absolute atomic E-state index is 13.4. The SMILES string of the molecule is CN1CCN(c2cccc(C(=O)N3CCc4noc(-c5cc(Cl)c(O)cc5O)c4C3)c2)CC1. The monoisotopic (exact) mass is 468 g/mol. The Balaban J connectivity index is 1.39. The second kappa shape index (κ2) is 8.61. The van der Waals surface area contributed by atoms with E-state index < -0.39 is 0 Å². The fraction of sp³-hybridized carbons (Fsp3) is 0.333. The van der Waals surface area contributed by atoms with Crippen molar-refractivity contribution >= 4 is 23.2 Å². The molecule has 0 radical (unpaired) electrons. The lowest BCUT2D eigenvalue weighted by Gasteiger charge is -2.34. The van der Waals surface area contributed by atoms with Crippen LogP contribution in [0.4, 0.5) is 5.69 Å². The van der Waals surface area contributed by atoms with E-state index in [0.717, 1.165) is 43.1 Å². The number of aromatic nitrogens is 1. The lowest BCUT2D eigenvalue weighted by Crippen LogP contribution is -2.44. The number of carbonyl (C=O) groups excluding carboxylic acids is 1. The van der Waals surface area contributed by atoms with Gasteiger partial charge in [0.25, 0.3) is 5.91 Å². The minimum atomic E-state index is -0.219. The van der Waals surface area contributed by atoms with Crippen molar-refractivity contribution < 1.29 is 19.5 Å². The lowest BCUT2D eigenvalue weighted by atomic mass is 10.00. The Morgan fingerprint density at radius 3 is 2.64 bits per heavy atom. The van der Waals surface area contributed by atoms with Gasteiger partial charge in [-0.05, 0) is 31.3 Å². The summed E-state index contributed by atoms with van der Waals surface area (Å²) in [4.78, 5) is 19.7. The fourth-order valence-corrected chi connectivity index (χ4v) is 4.58. The van der Waals surface area contributed by atoms with Crippen LogP contribution in [0.25, 0.3) is 11.3 Å². The second-order valence-corrected chi connectivity index (χ2v) is 8.98. The number of hydrogen-bond acceptors (Lipinski definition) is 7. The predicted octanol–water partition coefficient (Wildman–Crippen LogP) is 3.36. The molecule has 3 aromatic rings. The van der Waals surface area contributed by atoms with Crippen molar-refractivity contribution in [3.8, 4) is 22.8 Å². The molecule has 1 amide bonds. The number of phenolic OH excluding ortho intramolecular Hbond substituents is 2. The van der Waals surface area contributed by atoms with Crippen LogP contribution < -0.4 is 4.90 Å². The summed E-state index contributed by atoms with van der Waals surface area (Å²) in [5.74, 6) is -0.0904. The maximum Gasteiger partial charge on any atom is 0.254 e. The quantitative estimate of drug-likeness (QED) is 0.608. The van der Waals surface area contributed by atoms with E-state index >= 15 is 0 Å². The number of likely N-dealkylation sites (N-methyl/N-ethyl adjacent to an activating group) is 1. The van der Waals surface area contributed by atoms with Crippen molar-refractivity contribution in [2.24, 2.45) is 0 Å². The molecule has 172 valence electrons. The van der Waals surface area contributed by atoms with E-state index in [-0.39, 0.29) is 22.4 Å². The fourth-order valence-electron chi connectivity index (χ4n) is 4.41. The van der Waals surface area contributed by atoms with Crippen LogP contribution in [0, 0.1) is 0 Å². The van der Waals surface area contributed by atoms with Gasteiger partial charge in [-0.1, -0.05) is 22.8 Å². The largest absolute Gasteiger partial charge is 0.507 e. The summed E-state index contributed by atoms with van der Waals surface area (Å²) in [6.07, 6.45) is 0.551. The number of nitrogens with zero attached hydrogens (tertiary/aromatic N) is 4. The molecule has 0 spiro atoms. The molecule has 2 aliphatic heterocycles. The van der Waals surface area contributed by atoms with Gasteiger partial charge in [0, 0.05) is 62.0 Å². The zero-order chi connectivity index (χ0) is 23.1. The first-order chi connectivity index (χ1) is 15.9. The van der Waals surface area contributed by atoms with Crippen LogP contribution in [0.3, 0.4) is 0 Å². The Kier molecular flexibility index (Phi) is 5.64. The molecule has 9 heteroatoms. The number of anilines is 1. The van der Waals surface area contributed by atoms with Crippen LogP contribution >= 0.6 is 11.6 Å². The summed E-state index contributed by atoms with van der Waals surface area (Å²) < 4.78 is 5.52. The number of rotatable bonds is 3. The Labute approximate surface area is 196 Å². The number of amides is 1. The van der Waals surface area contributed by atoms with E-state index in [1.54, 1.807) is 4.90 Å². The molecule has 3 heterocycles. The number of phenols is 2. The molecule has 2 aliphatic rings. The van der Waals surface area contributed by atoms with E-state index in [1.165, 1.54) is 12.1 Å². The Bertz CT molecular complexity index is 1200. The van der Waals surface area contributed by atoms with Crippen molar-refractivity contribution in [2.45, 2.75) is 13.0 Å². The molecule has 0 unspecified atom stereocenters. The average molecular weight is 469 g/mol. The highest BCUT2D eigenvalue weighted by Crippen LogP contribution is 2.40. The van der Waals surface area contributed by atoms with Crippen molar-refractivity contribution in [1.29, 1.82) is 0 Å². The maximum atomic E-state index is 13.4. The molecule has 0 aliphatic carbocycles. The van der Waals surface area contributed by atoms with Crippen LogP contribution in [-0.2, 0) is 13.0 Å². The van der Waals surface area contributed by atoms with Crippen molar-refractivity contribution in [2.75, 3.05) is 44.7 Å². The van der Waals surface area contributed by atoms with E-state index in [1.807, 2.05) is 24.3 Å². The smallest absolute Gasteiger partial charge is 0.254 e. The van der Waals surface area contributed by atoms with Crippen LogP contribution in [-0.4, -0.2) is 70.8 Å². The molecular formula is C24H25ClN4O4. The first kappa shape index (κ1) is 21.6. The summed E-state index contributed by atoms with van der Waals surface area (Å²) >= 11 is 6.04. The van der Waals surface area contributed by atoms with Gasteiger partial charge in [-0.15, -0.1) is 0 Å². The van der Waals surface area contributed by atoms with E-state index in [2.05, 4.69) is 22.0 Å². The zero-order valence-electron chi connectivity index (χ0n) is 18.3. The predicted molar refractivity (Wildman–Crippen MR) is 125 cm³/mol. The minimum Gasteiger partial charge on any atom is -0.507 e. The molecule has 5 rings (SSSR count). The first-order valence-electron chi connectivity index (χ1n) is 10.9. The summed E-state index contributed by atoms with van der Waals surface area (Å²) in [7, 11) is 2.12. The lowest BCUT2D eigenvalue weighted by molar-refractivity contribution is 0.0734. The van der Waals surface area contributed by atoms with Gasteiger partial charge < -0.3 is 29.4 Å². The number of aromatic hydroxyl groups is 2. The molecule has 2 N–H and O–H groups in total. The van der Waals surface area contributed by atoms with Gasteiger partial charge in [0.2, 0.25) is 0 Å². The van der Waals surface area contributed by atoms with Gasteiger partial charge in [0.05, 0.1) is 22.8 Å². The molecule has 2 aromatic carbocycles. The van der Waals surface area contributed by atoms with Gasteiger partial charge in [0.1, 0.15) is 11.5 Å². The molecule has 0 saturated carbocycles. The molecule has 0 bridgehead atoms. The molecule has 1 saturated heterocycles. The van der Waals surface area contributed by atoms with Crippen molar-refractivity contribution in [3.63, 3.8) is 0 Å². The standard InChI is InChI=1S/C24H25ClN4O4/c1-27-7-9-28(10-8-27)16-4-2-3-15(11-16)24(32)29-6-5-20-18(14-29)23(33-26-20)17-12-19(25)22(31)13-21(17)30/h2-4,11-13,30-31H,5-10,14H2,1H3. The third kappa shape index (κ3) is 4.12. The molecule has 1 fully saturated rings. The molecular weight excluding hydrogens is 444 g/mol. The van der Waals surface area contributed by atoms with Gasteiger partial charge >= 0.3 is 0 Å². The second-order valence-electron chi connectivity index (χ2n) is 8.58. The minimum absolute atomic E-state index is 0.0586. The number of halogens is 1. The number of hydrogen-bond donors (Lipinski definition) is 2. The molecule has 8 nitrogen and oxygen atoms in total. The van der Waals surface area contributed by atoms with Crippen molar-refractivity contribution in [3.05, 3.63) is 58.2 Å². The molecule has 1 aromatic heterocycles. The number of piperazine rings is 1. The first-order valence-corrected chi connectivity index (χ1v) is 11.3. The van der Waals surface area contributed by atoms with E-state index in [4.69, 9.17) is 16.1 Å². The van der Waals surface area contributed by atoms with Gasteiger partial charge in [-0.2, -0.15) is 0 Å². The highest BCUT2D eigenvalue weighted by molar-refractivity contribution is 6.32. The Hall–Kier alpha value is -3.23. The Morgan fingerprint density at radius 2 is 1.85 bits per heavy atom. The third-order valence-electron chi connectivity index (χ3n) is 6.40. The van der Waals surface area contributed by atoms with Gasteiger partial charge in [0.15, 0.2) is 5.76 Å². The van der Waals surface area contributed by atoms with Gasteiger partial charge in [-0.3, -0.25) is 4.79 Å². The third-order valence-corrected chi connectivity index (χ3v) is 6.70. The number of benzene rings is 2. The zero-order valence-corrected chi connectivity index (χ0v) is 19.0. The van der Waals surface area contributed by atoms with Crippen molar-refractivity contribution in [1.82, 2.24) is 15.0 Å². The molecule has 33 heavy (non-hydrogen) atoms. The Morgan fingerprint density at radius 1 is 1.06 bits per heavy atom. The van der Waals surface area contributed by atoms with E-state index in [9.17, 15) is 15.0 Å². The van der Waals surface area contributed by atoms with Crippen LogP contribution in [0.5, 0.6) is 11.5 Å². The highest BCUT2D eigenvalue weighted by atomic mass is 35.5. The molecule has 0 atom stereocenters. The topological polar surface area (TPSA) is 93.3 Å². The number of fused-ring (bicyclic) bond motifs is 1. The highest BCUT2D eigenvalue weighted by Gasteiger charge is 2.29. The summed E-state index contributed by atoms with van der Waals surface area (Å²) in [6, 6.07) is 10.4. The summed E-state index contributed by atoms with van der Waals surface area (Å²) in [6.45, 7) is 4.70. The van der Waals surface area contributed by atoms with Gasteiger partial charge in [-0.25, -0.2) is 0 Å². The average Bonchev–Trinajstić information content (AvgIpc) is 3.24.